The van der Waals surface area contributed by atoms with E-state index in [2.05, 4.69) is 5.32 Å². The van der Waals surface area contributed by atoms with E-state index in [-0.39, 0.29) is 34.1 Å². The molecule has 0 spiro atoms. The summed E-state index contributed by atoms with van der Waals surface area (Å²) in [6, 6.07) is 17.6. The van der Waals surface area contributed by atoms with Crippen LogP contribution in [-0.4, -0.2) is 43.8 Å². The highest BCUT2D eigenvalue weighted by Crippen LogP contribution is 2.28. The van der Waals surface area contributed by atoms with Crippen LogP contribution in [0.25, 0.3) is 0 Å². The van der Waals surface area contributed by atoms with Gasteiger partial charge < -0.3 is 10.2 Å². The number of hydrogen-bond donors (Lipinski definition) is 1. The number of carbonyl (C=O) groups is 2. The van der Waals surface area contributed by atoms with Crippen molar-refractivity contribution < 1.29 is 22.4 Å². The van der Waals surface area contributed by atoms with E-state index in [0.717, 1.165) is 21.5 Å². The molecule has 3 aromatic rings. The minimum absolute atomic E-state index is 0.0223. The maximum Gasteiger partial charge on any atom is 0.264 e. The summed E-state index contributed by atoms with van der Waals surface area (Å²) in [5.41, 5.74) is 1.77. The fourth-order valence-electron chi connectivity index (χ4n) is 4.16. The van der Waals surface area contributed by atoms with E-state index in [9.17, 15) is 22.4 Å². The SMILES string of the molecule is CC[C@H](C(=O)NC(C)C)N(Cc1ccccc1C)C(=O)CN(c1ccc(F)c(Cl)c1)S(=O)(=O)c1ccccc1. The molecule has 1 atom stereocenters. The molecule has 0 fully saturated rings. The van der Waals surface area contributed by atoms with Crippen molar-refractivity contribution in [1.82, 2.24) is 10.2 Å². The minimum Gasteiger partial charge on any atom is -0.352 e. The smallest absolute Gasteiger partial charge is 0.264 e. The van der Waals surface area contributed by atoms with Crippen LogP contribution in [0.4, 0.5) is 10.1 Å². The molecule has 0 saturated carbocycles. The number of nitrogens with one attached hydrogen (secondary N) is 1. The van der Waals surface area contributed by atoms with Gasteiger partial charge in [0.15, 0.2) is 0 Å². The van der Waals surface area contributed by atoms with Gasteiger partial charge in [-0.2, -0.15) is 0 Å². The van der Waals surface area contributed by atoms with Crippen LogP contribution in [0.3, 0.4) is 0 Å². The Hall–Kier alpha value is -3.43. The molecule has 0 aliphatic carbocycles. The van der Waals surface area contributed by atoms with Gasteiger partial charge >= 0.3 is 0 Å². The van der Waals surface area contributed by atoms with Crippen LogP contribution in [0, 0.1) is 12.7 Å². The molecule has 0 radical (unpaired) electrons. The van der Waals surface area contributed by atoms with Crippen molar-refractivity contribution in [2.24, 2.45) is 0 Å². The summed E-state index contributed by atoms with van der Waals surface area (Å²) in [5, 5.41) is 2.58. The number of aryl methyl sites for hydroxylation is 1. The van der Waals surface area contributed by atoms with Gasteiger partial charge in [0.05, 0.1) is 15.6 Å². The normalized spacial score (nSPS) is 12.2. The van der Waals surface area contributed by atoms with Crippen LogP contribution in [-0.2, 0) is 26.2 Å². The Morgan fingerprint density at radius 1 is 1.00 bits per heavy atom. The molecule has 1 N–H and O–H groups in total. The predicted octanol–water partition coefficient (Wildman–Crippen LogP) is 5.31. The maximum atomic E-state index is 14.0. The monoisotopic (exact) mass is 573 g/mol. The van der Waals surface area contributed by atoms with E-state index in [1.807, 2.05) is 45.0 Å². The van der Waals surface area contributed by atoms with Gasteiger partial charge in [0.25, 0.3) is 10.0 Å². The number of hydrogen-bond acceptors (Lipinski definition) is 4. The van der Waals surface area contributed by atoms with Crippen LogP contribution in [0.5, 0.6) is 0 Å². The zero-order chi connectivity index (χ0) is 28.7. The first-order chi connectivity index (χ1) is 18.4. The lowest BCUT2D eigenvalue weighted by molar-refractivity contribution is -0.140. The quantitative estimate of drug-likeness (QED) is 0.337. The molecule has 0 aliphatic heterocycles. The summed E-state index contributed by atoms with van der Waals surface area (Å²) in [4.78, 5) is 28.5. The lowest BCUT2D eigenvalue weighted by Gasteiger charge is -2.34. The third-order valence-corrected chi connectivity index (χ3v) is 8.30. The van der Waals surface area contributed by atoms with Crippen LogP contribution in [0.15, 0.2) is 77.7 Å². The van der Waals surface area contributed by atoms with Gasteiger partial charge in [0.2, 0.25) is 11.8 Å². The lowest BCUT2D eigenvalue weighted by atomic mass is 10.1. The third-order valence-electron chi connectivity index (χ3n) is 6.22. The molecule has 39 heavy (non-hydrogen) atoms. The van der Waals surface area contributed by atoms with Crippen molar-refractivity contribution in [2.45, 2.75) is 57.6 Å². The first-order valence-corrected chi connectivity index (χ1v) is 14.4. The Bertz CT molecular complexity index is 1420. The topological polar surface area (TPSA) is 86.8 Å². The average Bonchev–Trinajstić information content (AvgIpc) is 2.89. The predicted molar refractivity (Wildman–Crippen MR) is 151 cm³/mol. The molecule has 208 valence electrons. The van der Waals surface area contributed by atoms with Crippen molar-refractivity contribution in [3.05, 3.63) is 94.8 Å². The zero-order valence-corrected chi connectivity index (χ0v) is 24.0. The van der Waals surface area contributed by atoms with Gasteiger partial charge in [0, 0.05) is 12.6 Å². The third kappa shape index (κ3) is 7.36. The second-order valence-corrected chi connectivity index (χ2v) is 11.7. The van der Waals surface area contributed by atoms with Crippen molar-refractivity contribution >= 4 is 39.1 Å². The van der Waals surface area contributed by atoms with Gasteiger partial charge in [-0.25, -0.2) is 12.8 Å². The van der Waals surface area contributed by atoms with Crippen LogP contribution < -0.4 is 9.62 Å². The number of sulfonamides is 1. The molecule has 10 heteroatoms. The number of amides is 2. The standard InChI is InChI=1S/C29H33ClFN3O4S/c1-5-27(29(36)32-20(2)3)33(18-22-12-10-9-11-21(22)4)28(35)19-34(23-15-16-26(31)25(30)17-23)39(37,38)24-13-7-6-8-14-24/h6-17,20,27H,5,18-19H2,1-4H3,(H,32,36)/t27-/m1/s1. The molecule has 0 unspecified atom stereocenters. The molecule has 0 heterocycles. The average molecular weight is 574 g/mol. The van der Waals surface area contributed by atoms with Crippen LogP contribution >= 0.6 is 11.6 Å². The number of nitrogens with zero attached hydrogens (tertiary/aromatic N) is 2. The second-order valence-electron chi connectivity index (χ2n) is 9.46. The zero-order valence-electron chi connectivity index (χ0n) is 22.4. The fourth-order valence-corrected chi connectivity index (χ4v) is 5.76. The highest BCUT2D eigenvalue weighted by atomic mass is 35.5. The molecule has 3 rings (SSSR count). The van der Waals surface area contributed by atoms with Gasteiger partial charge in [-0.3, -0.25) is 13.9 Å². The summed E-state index contributed by atoms with van der Waals surface area (Å²) in [6.07, 6.45) is 0.310. The summed E-state index contributed by atoms with van der Waals surface area (Å²) in [5.74, 6) is -1.65. The molecular formula is C29H33ClFN3O4S. The van der Waals surface area contributed by atoms with Gasteiger partial charge in [-0.15, -0.1) is 0 Å². The van der Waals surface area contributed by atoms with Gasteiger partial charge in [-0.05, 0) is 68.7 Å². The Kier molecular flexibility index (Phi) is 10.1. The number of halogens is 2. The number of carbonyl (C=O) groups excluding carboxylic acids is 2. The number of benzene rings is 3. The largest absolute Gasteiger partial charge is 0.352 e. The van der Waals surface area contributed by atoms with E-state index < -0.39 is 34.3 Å². The Morgan fingerprint density at radius 2 is 1.64 bits per heavy atom. The summed E-state index contributed by atoms with van der Waals surface area (Å²) in [7, 11) is -4.26. The second kappa shape index (κ2) is 13.1. The van der Waals surface area contributed by atoms with E-state index in [1.54, 1.807) is 25.1 Å². The van der Waals surface area contributed by atoms with Crippen LogP contribution in [0.1, 0.15) is 38.3 Å². The minimum atomic E-state index is -4.26. The lowest BCUT2D eigenvalue weighted by Crippen LogP contribution is -2.53. The maximum absolute atomic E-state index is 14.0. The van der Waals surface area contributed by atoms with Crippen molar-refractivity contribution in [3.63, 3.8) is 0 Å². The first kappa shape index (κ1) is 30.1. The van der Waals surface area contributed by atoms with Crippen LogP contribution in [0.2, 0.25) is 5.02 Å². The van der Waals surface area contributed by atoms with E-state index in [0.29, 0.717) is 6.42 Å². The molecule has 0 aromatic heterocycles. The fraction of sp³-hybridized carbons (Fsp3) is 0.310. The van der Waals surface area contributed by atoms with E-state index >= 15 is 0 Å². The number of anilines is 1. The Balaban J connectivity index is 2.09. The molecule has 3 aromatic carbocycles. The molecule has 2 amide bonds. The molecule has 7 nitrogen and oxygen atoms in total. The van der Waals surface area contributed by atoms with Crippen molar-refractivity contribution in [1.29, 1.82) is 0 Å². The summed E-state index contributed by atoms with van der Waals surface area (Å²) in [6.45, 7) is 6.81. The van der Waals surface area contributed by atoms with Crippen molar-refractivity contribution in [3.8, 4) is 0 Å². The Labute approximate surface area is 234 Å². The van der Waals surface area contributed by atoms with Crippen molar-refractivity contribution in [2.75, 3.05) is 10.8 Å². The highest BCUT2D eigenvalue weighted by Gasteiger charge is 2.34. The Morgan fingerprint density at radius 3 is 2.23 bits per heavy atom. The molecule has 0 aliphatic rings. The summed E-state index contributed by atoms with van der Waals surface area (Å²) >= 11 is 6.00. The first-order valence-electron chi connectivity index (χ1n) is 12.6. The number of rotatable bonds is 11. The van der Waals surface area contributed by atoms with Gasteiger partial charge in [0.1, 0.15) is 18.4 Å². The highest BCUT2D eigenvalue weighted by molar-refractivity contribution is 7.92. The van der Waals surface area contributed by atoms with E-state index in [1.165, 1.54) is 29.2 Å². The van der Waals surface area contributed by atoms with E-state index in [4.69, 9.17) is 11.6 Å². The molecule has 0 saturated heterocycles. The molecular weight excluding hydrogens is 541 g/mol. The van der Waals surface area contributed by atoms with Gasteiger partial charge in [-0.1, -0.05) is 61.0 Å². The summed E-state index contributed by atoms with van der Waals surface area (Å²) < 4.78 is 42.4. The molecule has 0 bridgehead atoms.